The van der Waals surface area contributed by atoms with Crippen molar-refractivity contribution in [1.29, 1.82) is 0 Å². The lowest BCUT2D eigenvalue weighted by molar-refractivity contribution is 0.215. The van der Waals surface area contributed by atoms with Crippen molar-refractivity contribution in [1.82, 2.24) is 15.2 Å². The smallest absolute Gasteiger partial charge is 0.317 e. The van der Waals surface area contributed by atoms with E-state index in [0.717, 1.165) is 29.2 Å². The van der Waals surface area contributed by atoms with Crippen LogP contribution in [0.3, 0.4) is 0 Å². The quantitative estimate of drug-likeness (QED) is 0.919. The molecule has 0 bridgehead atoms. The molecule has 18 heavy (non-hydrogen) atoms. The molecule has 1 aromatic carbocycles. The molecule has 1 fully saturated rings. The molecule has 4 nitrogen and oxygen atoms in total. The highest BCUT2D eigenvalue weighted by molar-refractivity contribution is 7.13. The number of benzene rings is 1. The third-order valence-electron chi connectivity index (χ3n) is 2.92. The van der Waals surface area contributed by atoms with Crippen molar-refractivity contribution in [2.24, 2.45) is 0 Å². The van der Waals surface area contributed by atoms with Gasteiger partial charge in [0.2, 0.25) is 0 Å². The molecule has 1 aromatic heterocycles. The van der Waals surface area contributed by atoms with Crippen molar-refractivity contribution in [3.05, 3.63) is 41.4 Å². The molecule has 0 atom stereocenters. The van der Waals surface area contributed by atoms with Gasteiger partial charge >= 0.3 is 6.03 Å². The number of hydrogen-bond acceptors (Lipinski definition) is 3. The van der Waals surface area contributed by atoms with Gasteiger partial charge in [-0.3, -0.25) is 0 Å². The Morgan fingerprint density at radius 1 is 1.44 bits per heavy atom. The molecular weight excluding hydrogens is 246 g/mol. The summed E-state index contributed by atoms with van der Waals surface area (Å²) in [5.74, 6) is 0. The summed E-state index contributed by atoms with van der Waals surface area (Å²) >= 11 is 1.62. The molecule has 0 aliphatic carbocycles. The fraction of sp³-hybridized carbons (Fsp3) is 0.231. The first kappa shape index (κ1) is 11.2. The highest BCUT2D eigenvalue weighted by atomic mass is 32.1. The lowest BCUT2D eigenvalue weighted by Crippen LogP contribution is -2.27. The number of rotatable bonds is 3. The Bertz CT molecular complexity index is 553. The monoisotopic (exact) mass is 259 g/mol. The van der Waals surface area contributed by atoms with Gasteiger partial charge in [0.25, 0.3) is 0 Å². The number of hydrogen-bond donors (Lipinski definition) is 1. The highest BCUT2D eigenvalue weighted by Crippen LogP contribution is 2.23. The molecule has 2 aromatic rings. The molecule has 5 heteroatoms. The van der Waals surface area contributed by atoms with Gasteiger partial charge in [0, 0.05) is 36.8 Å². The van der Waals surface area contributed by atoms with E-state index in [1.54, 1.807) is 17.5 Å². The Labute approximate surface area is 109 Å². The summed E-state index contributed by atoms with van der Waals surface area (Å²) in [6.45, 7) is 2.18. The van der Waals surface area contributed by atoms with Crippen LogP contribution in [0.2, 0.25) is 0 Å². The van der Waals surface area contributed by atoms with Crippen LogP contribution in [-0.2, 0) is 6.54 Å². The maximum absolute atomic E-state index is 11.5. The molecule has 2 heterocycles. The molecule has 1 saturated heterocycles. The number of amides is 2. The minimum absolute atomic E-state index is 0.0228. The summed E-state index contributed by atoms with van der Waals surface area (Å²) in [7, 11) is 0. The van der Waals surface area contributed by atoms with Gasteiger partial charge in [-0.25, -0.2) is 9.78 Å². The Kier molecular flexibility index (Phi) is 2.98. The van der Waals surface area contributed by atoms with E-state index in [2.05, 4.69) is 16.4 Å². The molecule has 0 spiro atoms. The molecule has 3 rings (SSSR count). The SMILES string of the molecule is O=C1NCCN1Cc1cccc(-c2nccs2)c1. The predicted molar refractivity (Wildman–Crippen MR) is 71.4 cm³/mol. The zero-order valence-electron chi connectivity index (χ0n) is 9.80. The first-order chi connectivity index (χ1) is 8.83. The standard InChI is InChI=1S/C13H13N3OS/c17-13-15-4-6-16(13)9-10-2-1-3-11(8-10)12-14-5-7-18-12/h1-3,5,7-8H,4,6,9H2,(H,15,17). The van der Waals surface area contributed by atoms with E-state index < -0.39 is 0 Å². The summed E-state index contributed by atoms with van der Waals surface area (Å²) in [6.07, 6.45) is 1.81. The van der Waals surface area contributed by atoms with Crippen LogP contribution in [0.4, 0.5) is 4.79 Å². The molecule has 92 valence electrons. The lowest BCUT2D eigenvalue weighted by Gasteiger charge is -2.14. The van der Waals surface area contributed by atoms with Gasteiger partial charge in [-0.05, 0) is 11.6 Å². The summed E-state index contributed by atoms with van der Waals surface area (Å²) in [5, 5.41) is 5.79. The highest BCUT2D eigenvalue weighted by Gasteiger charge is 2.19. The second-order valence-electron chi connectivity index (χ2n) is 4.19. The van der Waals surface area contributed by atoms with Crippen molar-refractivity contribution in [2.45, 2.75) is 6.54 Å². The van der Waals surface area contributed by atoms with Gasteiger partial charge in [0.15, 0.2) is 0 Å². The third kappa shape index (κ3) is 2.22. The average molecular weight is 259 g/mol. The molecule has 1 aliphatic rings. The molecular formula is C13H13N3OS. The topological polar surface area (TPSA) is 45.2 Å². The number of thiazole rings is 1. The zero-order chi connectivity index (χ0) is 12.4. The third-order valence-corrected chi connectivity index (χ3v) is 3.75. The second-order valence-corrected chi connectivity index (χ2v) is 5.09. The zero-order valence-corrected chi connectivity index (χ0v) is 10.6. The van der Waals surface area contributed by atoms with Crippen LogP contribution in [-0.4, -0.2) is 29.0 Å². The first-order valence-corrected chi connectivity index (χ1v) is 6.72. The van der Waals surface area contributed by atoms with Gasteiger partial charge in [-0.1, -0.05) is 18.2 Å². The van der Waals surface area contributed by atoms with Crippen molar-refractivity contribution < 1.29 is 4.79 Å². The summed E-state index contributed by atoms with van der Waals surface area (Å²) in [6, 6.07) is 8.23. The van der Waals surface area contributed by atoms with E-state index in [-0.39, 0.29) is 6.03 Å². The lowest BCUT2D eigenvalue weighted by atomic mass is 10.1. The fourth-order valence-corrected chi connectivity index (χ4v) is 2.69. The van der Waals surface area contributed by atoms with Gasteiger partial charge in [-0.2, -0.15) is 0 Å². The van der Waals surface area contributed by atoms with Crippen LogP contribution in [0.15, 0.2) is 35.8 Å². The number of urea groups is 1. The van der Waals surface area contributed by atoms with E-state index in [1.165, 1.54) is 0 Å². The number of aromatic nitrogens is 1. The first-order valence-electron chi connectivity index (χ1n) is 5.84. The maximum Gasteiger partial charge on any atom is 0.317 e. The van der Waals surface area contributed by atoms with Gasteiger partial charge in [0.05, 0.1) is 0 Å². The van der Waals surface area contributed by atoms with E-state index in [9.17, 15) is 4.79 Å². The molecule has 0 saturated carbocycles. The minimum atomic E-state index is 0.0228. The van der Waals surface area contributed by atoms with E-state index in [0.29, 0.717) is 6.54 Å². The average Bonchev–Trinajstić information content (AvgIpc) is 3.02. The summed E-state index contributed by atoms with van der Waals surface area (Å²) < 4.78 is 0. The summed E-state index contributed by atoms with van der Waals surface area (Å²) in [4.78, 5) is 17.6. The second kappa shape index (κ2) is 4.78. The number of carbonyl (C=O) groups excluding carboxylic acids is 1. The van der Waals surface area contributed by atoms with Crippen LogP contribution < -0.4 is 5.32 Å². The molecule has 1 aliphatic heterocycles. The molecule has 1 N–H and O–H groups in total. The molecule has 0 radical (unpaired) electrons. The van der Waals surface area contributed by atoms with Crippen molar-refractivity contribution in [3.8, 4) is 10.6 Å². The van der Waals surface area contributed by atoms with Gasteiger partial charge in [0.1, 0.15) is 5.01 Å². The van der Waals surface area contributed by atoms with Crippen LogP contribution in [0.5, 0.6) is 0 Å². The Balaban J connectivity index is 1.81. The minimum Gasteiger partial charge on any atom is -0.336 e. The van der Waals surface area contributed by atoms with Crippen molar-refractivity contribution in [3.63, 3.8) is 0 Å². The van der Waals surface area contributed by atoms with Gasteiger partial charge < -0.3 is 10.2 Å². The van der Waals surface area contributed by atoms with E-state index in [1.807, 2.05) is 28.5 Å². The molecule has 0 unspecified atom stereocenters. The van der Waals surface area contributed by atoms with Crippen molar-refractivity contribution in [2.75, 3.05) is 13.1 Å². The largest absolute Gasteiger partial charge is 0.336 e. The Morgan fingerprint density at radius 3 is 3.11 bits per heavy atom. The summed E-state index contributed by atoms with van der Waals surface area (Å²) in [5.41, 5.74) is 2.25. The maximum atomic E-state index is 11.5. The van der Waals surface area contributed by atoms with Crippen molar-refractivity contribution >= 4 is 17.4 Å². The van der Waals surface area contributed by atoms with Crippen LogP contribution >= 0.6 is 11.3 Å². The van der Waals surface area contributed by atoms with Crippen LogP contribution in [0.25, 0.3) is 10.6 Å². The fourth-order valence-electron chi connectivity index (χ4n) is 2.05. The van der Waals surface area contributed by atoms with E-state index in [4.69, 9.17) is 0 Å². The van der Waals surface area contributed by atoms with Crippen LogP contribution in [0, 0.1) is 0 Å². The van der Waals surface area contributed by atoms with Gasteiger partial charge in [-0.15, -0.1) is 11.3 Å². The predicted octanol–water partition coefficient (Wildman–Crippen LogP) is 2.34. The number of carbonyl (C=O) groups is 1. The Morgan fingerprint density at radius 2 is 2.39 bits per heavy atom. The normalized spacial score (nSPS) is 14.9. The number of nitrogens with one attached hydrogen (secondary N) is 1. The molecule has 2 amide bonds. The Hall–Kier alpha value is -1.88. The van der Waals surface area contributed by atoms with Crippen LogP contribution in [0.1, 0.15) is 5.56 Å². The number of nitrogens with zero attached hydrogens (tertiary/aromatic N) is 2. The van der Waals surface area contributed by atoms with E-state index >= 15 is 0 Å².